The van der Waals surface area contributed by atoms with Crippen LogP contribution in [0.3, 0.4) is 0 Å². The molecule has 0 unspecified atom stereocenters. The summed E-state index contributed by atoms with van der Waals surface area (Å²) >= 11 is 0. The molecule has 2 aromatic carbocycles. The third-order valence-electron chi connectivity index (χ3n) is 2.72. The molecule has 0 bridgehead atoms. The van der Waals surface area contributed by atoms with Gasteiger partial charge in [0.25, 0.3) is 0 Å². The SMILES string of the molecule is O=C(O)CCc1ccc(N=Nc2ccccc2O)cc1. The van der Waals surface area contributed by atoms with E-state index in [1.54, 1.807) is 36.4 Å². The molecule has 0 aliphatic heterocycles. The molecular weight excluding hydrogens is 256 g/mol. The fraction of sp³-hybridized carbons (Fsp3) is 0.133. The van der Waals surface area contributed by atoms with Gasteiger partial charge in [-0.15, -0.1) is 5.11 Å². The van der Waals surface area contributed by atoms with Crippen LogP contribution in [-0.4, -0.2) is 16.2 Å². The molecule has 0 atom stereocenters. The minimum absolute atomic E-state index is 0.0781. The van der Waals surface area contributed by atoms with Crippen LogP contribution < -0.4 is 0 Å². The van der Waals surface area contributed by atoms with Crippen molar-refractivity contribution in [3.8, 4) is 5.75 Å². The van der Waals surface area contributed by atoms with E-state index in [1.807, 2.05) is 12.1 Å². The van der Waals surface area contributed by atoms with Gasteiger partial charge in [-0.1, -0.05) is 24.3 Å². The molecule has 0 saturated carbocycles. The highest BCUT2D eigenvalue weighted by Crippen LogP contribution is 2.27. The number of hydrogen-bond donors (Lipinski definition) is 2. The molecule has 2 aromatic rings. The van der Waals surface area contributed by atoms with Crippen LogP contribution in [0.25, 0.3) is 0 Å². The minimum atomic E-state index is -0.812. The lowest BCUT2D eigenvalue weighted by Crippen LogP contribution is -1.96. The average Bonchev–Trinajstić information content (AvgIpc) is 2.45. The van der Waals surface area contributed by atoms with E-state index in [-0.39, 0.29) is 12.2 Å². The van der Waals surface area contributed by atoms with Crippen molar-refractivity contribution < 1.29 is 15.0 Å². The van der Waals surface area contributed by atoms with Gasteiger partial charge in [0.05, 0.1) is 5.69 Å². The van der Waals surface area contributed by atoms with Gasteiger partial charge in [-0.05, 0) is 36.2 Å². The zero-order valence-electron chi connectivity index (χ0n) is 10.7. The number of benzene rings is 2. The molecule has 20 heavy (non-hydrogen) atoms. The number of carbonyl (C=O) groups is 1. The van der Waals surface area contributed by atoms with E-state index in [2.05, 4.69) is 10.2 Å². The molecular formula is C15H14N2O3. The Morgan fingerprint density at radius 1 is 1.00 bits per heavy atom. The van der Waals surface area contributed by atoms with Crippen LogP contribution in [0.2, 0.25) is 0 Å². The Morgan fingerprint density at radius 3 is 2.35 bits per heavy atom. The number of hydrogen-bond acceptors (Lipinski definition) is 4. The van der Waals surface area contributed by atoms with Gasteiger partial charge in [-0.3, -0.25) is 4.79 Å². The number of aromatic hydroxyl groups is 1. The fourth-order valence-corrected chi connectivity index (χ4v) is 1.64. The first-order valence-electron chi connectivity index (χ1n) is 6.15. The summed E-state index contributed by atoms with van der Waals surface area (Å²) < 4.78 is 0. The summed E-state index contributed by atoms with van der Waals surface area (Å²) in [5.41, 5.74) is 1.99. The van der Waals surface area contributed by atoms with Crippen LogP contribution in [-0.2, 0) is 11.2 Å². The molecule has 0 aliphatic carbocycles. The number of aryl methyl sites for hydroxylation is 1. The number of azo groups is 1. The summed E-state index contributed by atoms with van der Waals surface area (Å²) in [5, 5.41) is 26.1. The van der Waals surface area contributed by atoms with E-state index in [1.165, 1.54) is 0 Å². The van der Waals surface area contributed by atoms with Crippen LogP contribution >= 0.6 is 0 Å². The van der Waals surface area contributed by atoms with Crippen LogP contribution in [0.15, 0.2) is 58.8 Å². The summed E-state index contributed by atoms with van der Waals surface area (Å²) in [6.07, 6.45) is 0.602. The van der Waals surface area contributed by atoms with Crippen molar-refractivity contribution in [3.63, 3.8) is 0 Å². The van der Waals surface area contributed by atoms with Gasteiger partial charge < -0.3 is 10.2 Å². The Bertz CT molecular complexity index is 621. The largest absolute Gasteiger partial charge is 0.506 e. The maximum absolute atomic E-state index is 10.5. The van der Waals surface area contributed by atoms with E-state index in [0.717, 1.165) is 5.56 Å². The molecule has 0 aromatic heterocycles. The lowest BCUT2D eigenvalue weighted by Gasteiger charge is -1.99. The third-order valence-corrected chi connectivity index (χ3v) is 2.72. The zero-order chi connectivity index (χ0) is 14.4. The lowest BCUT2D eigenvalue weighted by molar-refractivity contribution is -0.136. The first-order valence-corrected chi connectivity index (χ1v) is 6.15. The Balaban J connectivity index is 2.04. The topological polar surface area (TPSA) is 82.2 Å². The minimum Gasteiger partial charge on any atom is -0.506 e. The molecule has 0 aliphatic rings. The monoisotopic (exact) mass is 270 g/mol. The first kappa shape index (κ1) is 13.7. The van der Waals surface area contributed by atoms with E-state index < -0.39 is 5.97 Å². The highest BCUT2D eigenvalue weighted by atomic mass is 16.4. The van der Waals surface area contributed by atoms with Crippen molar-refractivity contribution in [3.05, 3.63) is 54.1 Å². The molecule has 0 fully saturated rings. The zero-order valence-corrected chi connectivity index (χ0v) is 10.7. The predicted molar refractivity (Wildman–Crippen MR) is 74.7 cm³/mol. The lowest BCUT2D eigenvalue weighted by atomic mass is 10.1. The van der Waals surface area contributed by atoms with Crippen molar-refractivity contribution in [1.82, 2.24) is 0 Å². The Hall–Kier alpha value is -2.69. The predicted octanol–water partition coefficient (Wildman–Crippen LogP) is 3.82. The van der Waals surface area contributed by atoms with E-state index in [0.29, 0.717) is 17.8 Å². The second-order valence-electron chi connectivity index (χ2n) is 4.25. The summed E-state index contributed by atoms with van der Waals surface area (Å²) in [6, 6.07) is 13.9. The van der Waals surface area contributed by atoms with Crippen LogP contribution in [0.1, 0.15) is 12.0 Å². The molecule has 2 rings (SSSR count). The van der Waals surface area contributed by atoms with Gasteiger partial charge in [-0.25, -0.2) is 0 Å². The smallest absolute Gasteiger partial charge is 0.303 e. The molecule has 0 amide bonds. The van der Waals surface area contributed by atoms with Gasteiger partial charge in [0.2, 0.25) is 0 Å². The molecule has 0 saturated heterocycles. The van der Waals surface area contributed by atoms with E-state index >= 15 is 0 Å². The van der Waals surface area contributed by atoms with Crippen molar-refractivity contribution in [2.75, 3.05) is 0 Å². The highest BCUT2D eigenvalue weighted by molar-refractivity contribution is 5.67. The number of phenols is 1. The summed E-state index contributed by atoms with van der Waals surface area (Å²) in [6.45, 7) is 0. The quantitative estimate of drug-likeness (QED) is 0.810. The number of rotatable bonds is 5. The Kier molecular flexibility index (Phi) is 4.44. The average molecular weight is 270 g/mol. The van der Waals surface area contributed by atoms with Crippen molar-refractivity contribution >= 4 is 17.3 Å². The number of para-hydroxylation sites is 1. The van der Waals surface area contributed by atoms with E-state index in [4.69, 9.17) is 5.11 Å². The van der Waals surface area contributed by atoms with Crippen molar-refractivity contribution in [2.24, 2.45) is 10.2 Å². The highest BCUT2D eigenvalue weighted by Gasteiger charge is 2.00. The van der Waals surface area contributed by atoms with E-state index in [9.17, 15) is 9.90 Å². The maximum atomic E-state index is 10.5. The summed E-state index contributed by atoms with van der Waals surface area (Å²) in [7, 11) is 0. The second kappa shape index (κ2) is 6.47. The van der Waals surface area contributed by atoms with Crippen LogP contribution in [0, 0.1) is 0 Å². The standard InChI is InChI=1S/C15H14N2O3/c18-14-4-2-1-3-13(14)17-16-12-8-5-11(6-9-12)7-10-15(19)20/h1-6,8-9,18H,7,10H2,(H,19,20). The van der Waals surface area contributed by atoms with Crippen LogP contribution in [0.5, 0.6) is 5.75 Å². The third kappa shape index (κ3) is 3.91. The molecule has 0 spiro atoms. The molecule has 0 heterocycles. The summed E-state index contributed by atoms with van der Waals surface area (Å²) in [4.78, 5) is 10.5. The second-order valence-corrected chi connectivity index (χ2v) is 4.25. The van der Waals surface area contributed by atoms with Crippen molar-refractivity contribution in [1.29, 1.82) is 0 Å². The van der Waals surface area contributed by atoms with Gasteiger partial charge in [0.1, 0.15) is 11.4 Å². The molecule has 2 N–H and O–H groups in total. The van der Waals surface area contributed by atoms with Gasteiger partial charge in [-0.2, -0.15) is 5.11 Å². The Morgan fingerprint density at radius 2 is 1.70 bits per heavy atom. The van der Waals surface area contributed by atoms with Gasteiger partial charge >= 0.3 is 5.97 Å². The number of carboxylic acid groups (broad SMARTS) is 1. The number of nitrogens with zero attached hydrogens (tertiary/aromatic N) is 2. The first-order chi connectivity index (χ1) is 9.65. The maximum Gasteiger partial charge on any atom is 0.303 e. The van der Waals surface area contributed by atoms with Gasteiger partial charge in [0, 0.05) is 6.42 Å². The fourth-order valence-electron chi connectivity index (χ4n) is 1.64. The molecule has 5 heteroatoms. The normalized spacial score (nSPS) is 10.8. The molecule has 0 radical (unpaired) electrons. The Labute approximate surface area is 116 Å². The number of aliphatic carboxylic acids is 1. The molecule has 5 nitrogen and oxygen atoms in total. The van der Waals surface area contributed by atoms with Gasteiger partial charge in [0.15, 0.2) is 0 Å². The number of carboxylic acids is 1. The van der Waals surface area contributed by atoms with Crippen LogP contribution in [0.4, 0.5) is 11.4 Å². The molecule has 102 valence electrons. The van der Waals surface area contributed by atoms with Crippen molar-refractivity contribution in [2.45, 2.75) is 12.8 Å². The summed E-state index contributed by atoms with van der Waals surface area (Å²) in [5.74, 6) is -0.734. The number of phenolic OH excluding ortho intramolecular Hbond substituents is 1.